The number of carbonyl (C=O) groups excluding carboxylic acids is 2. The Balaban J connectivity index is 0.813. The zero-order valence-corrected chi connectivity index (χ0v) is 31.4. The van der Waals surface area contributed by atoms with Gasteiger partial charge < -0.3 is 25.3 Å². The SMILES string of the molecule is CC(=O)N1CCc2c(c(N3CCCc4cc(-c5cnn(C)c5)c(C(F)F)cc43)nn2C2CC3(C2)CN(CC2CC4(C2)CN(c2ccc(C(N)=O)nn2)C4)C3)C1. The third-order valence-electron chi connectivity index (χ3n) is 13.4. The van der Waals surface area contributed by atoms with Gasteiger partial charge in [-0.15, -0.1) is 10.2 Å². The second kappa shape index (κ2) is 12.6. The number of carbonyl (C=O) groups is 2. The molecule has 0 unspecified atom stereocenters. The molecular formula is C40H47F2N11O2. The Bertz CT molecular complexity index is 2170. The Morgan fingerprint density at radius 1 is 1.00 bits per heavy atom. The summed E-state index contributed by atoms with van der Waals surface area (Å²) in [7, 11) is 1.79. The highest BCUT2D eigenvalue weighted by atomic mass is 19.3. The van der Waals surface area contributed by atoms with Crippen LogP contribution in [0.25, 0.3) is 11.1 Å². The van der Waals surface area contributed by atoms with E-state index in [1.165, 1.54) is 18.5 Å². The highest BCUT2D eigenvalue weighted by Gasteiger charge is 2.57. The van der Waals surface area contributed by atoms with Crippen LogP contribution in [0.4, 0.5) is 26.1 Å². The van der Waals surface area contributed by atoms with Crippen LogP contribution in [0.5, 0.6) is 0 Å². The molecular weight excluding hydrogens is 705 g/mol. The van der Waals surface area contributed by atoms with Gasteiger partial charge in [0.1, 0.15) is 0 Å². The van der Waals surface area contributed by atoms with Crippen LogP contribution in [0, 0.1) is 16.7 Å². The number of rotatable bonds is 8. The molecule has 10 rings (SSSR count). The van der Waals surface area contributed by atoms with Crippen LogP contribution in [0.1, 0.15) is 84.4 Å². The van der Waals surface area contributed by atoms with Gasteiger partial charge in [-0.1, -0.05) is 0 Å². The van der Waals surface area contributed by atoms with Gasteiger partial charge in [-0.25, -0.2) is 8.78 Å². The van der Waals surface area contributed by atoms with Gasteiger partial charge in [0, 0.05) is 106 Å². The van der Waals surface area contributed by atoms with Crippen molar-refractivity contribution in [2.75, 3.05) is 55.6 Å². The molecule has 2 amide bonds. The smallest absolute Gasteiger partial charge is 0.269 e. The van der Waals surface area contributed by atoms with E-state index in [-0.39, 0.29) is 17.2 Å². The molecule has 2 saturated carbocycles. The second-order valence-corrected chi connectivity index (χ2v) is 17.4. The molecule has 0 bridgehead atoms. The van der Waals surface area contributed by atoms with Gasteiger partial charge in [-0.05, 0) is 85.3 Å². The van der Waals surface area contributed by atoms with Crippen molar-refractivity contribution < 1.29 is 18.4 Å². The van der Waals surface area contributed by atoms with Crippen LogP contribution in [-0.4, -0.2) is 97.2 Å². The molecule has 6 aliphatic rings. The van der Waals surface area contributed by atoms with E-state index in [1.807, 2.05) is 17.0 Å². The lowest BCUT2D eigenvalue weighted by Crippen LogP contribution is -2.67. The maximum atomic E-state index is 14.7. The molecule has 2 spiro atoms. The fourth-order valence-electron chi connectivity index (χ4n) is 10.9. The molecule has 13 nitrogen and oxygen atoms in total. The normalized spacial score (nSPS) is 22.6. The van der Waals surface area contributed by atoms with Crippen molar-refractivity contribution in [3.8, 4) is 11.1 Å². The van der Waals surface area contributed by atoms with Crippen LogP contribution < -0.4 is 15.5 Å². The van der Waals surface area contributed by atoms with Gasteiger partial charge in [0.15, 0.2) is 17.3 Å². The Kier molecular flexibility index (Phi) is 7.89. The number of halogens is 2. The zero-order chi connectivity index (χ0) is 37.8. The van der Waals surface area contributed by atoms with E-state index >= 15 is 0 Å². The molecule has 4 fully saturated rings. The summed E-state index contributed by atoms with van der Waals surface area (Å²) in [5.41, 5.74) is 11.5. The fourth-order valence-corrected chi connectivity index (χ4v) is 10.9. The Hall–Kier alpha value is -4.92. The van der Waals surface area contributed by atoms with E-state index in [0.717, 1.165) is 99.2 Å². The highest BCUT2D eigenvalue weighted by molar-refractivity contribution is 5.90. The van der Waals surface area contributed by atoms with Crippen molar-refractivity contribution in [3.63, 3.8) is 0 Å². The Labute approximate surface area is 318 Å². The first-order valence-electron chi connectivity index (χ1n) is 19.6. The third kappa shape index (κ3) is 5.79. The van der Waals surface area contributed by atoms with Gasteiger partial charge in [-0.2, -0.15) is 10.2 Å². The first-order chi connectivity index (χ1) is 26.5. The van der Waals surface area contributed by atoms with Crippen molar-refractivity contribution in [2.24, 2.45) is 29.5 Å². The maximum Gasteiger partial charge on any atom is 0.269 e. The zero-order valence-electron chi connectivity index (χ0n) is 31.4. The number of fused-ring (bicyclic) bond motifs is 2. The van der Waals surface area contributed by atoms with Crippen LogP contribution in [0.3, 0.4) is 0 Å². The van der Waals surface area contributed by atoms with E-state index in [1.54, 1.807) is 43.2 Å². The average molecular weight is 752 g/mol. The maximum absolute atomic E-state index is 14.7. The summed E-state index contributed by atoms with van der Waals surface area (Å²) in [5.74, 6) is 1.83. The van der Waals surface area contributed by atoms with Crippen LogP contribution in [0.15, 0.2) is 36.7 Å². The predicted molar refractivity (Wildman–Crippen MR) is 201 cm³/mol. The second-order valence-electron chi connectivity index (χ2n) is 17.4. The van der Waals surface area contributed by atoms with Crippen molar-refractivity contribution in [1.82, 2.24) is 39.6 Å². The van der Waals surface area contributed by atoms with E-state index < -0.39 is 12.3 Å². The number of primary amides is 1. The number of anilines is 3. The molecule has 7 heterocycles. The average Bonchev–Trinajstić information content (AvgIpc) is 3.71. The lowest BCUT2D eigenvalue weighted by atomic mass is 9.56. The molecule has 1 aromatic carbocycles. The number of benzene rings is 1. The van der Waals surface area contributed by atoms with Gasteiger partial charge in [-0.3, -0.25) is 19.0 Å². The number of aryl methyl sites for hydroxylation is 2. The number of hydrogen-bond acceptors (Lipinski definition) is 9. The van der Waals surface area contributed by atoms with Gasteiger partial charge in [0.2, 0.25) is 5.91 Å². The van der Waals surface area contributed by atoms with Gasteiger partial charge in [0.05, 0.1) is 18.8 Å². The monoisotopic (exact) mass is 751 g/mol. The summed E-state index contributed by atoms with van der Waals surface area (Å²) in [6.07, 6.45) is 7.89. The van der Waals surface area contributed by atoms with Gasteiger partial charge in [0.25, 0.3) is 12.3 Å². The van der Waals surface area contributed by atoms with Crippen molar-refractivity contribution in [2.45, 2.75) is 70.9 Å². The first-order valence-corrected chi connectivity index (χ1v) is 19.6. The summed E-state index contributed by atoms with van der Waals surface area (Å²) in [6, 6.07) is 7.38. The number of nitrogens with two attached hydrogens (primary N) is 1. The molecule has 4 aliphatic heterocycles. The fraction of sp³-hybridized carbons (Fsp3) is 0.550. The summed E-state index contributed by atoms with van der Waals surface area (Å²) < 4.78 is 33.2. The number of likely N-dealkylation sites (tertiary alicyclic amines) is 1. The number of amides is 2. The van der Waals surface area contributed by atoms with E-state index in [9.17, 15) is 18.4 Å². The molecule has 2 aliphatic carbocycles. The van der Waals surface area contributed by atoms with Crippen molar-refractivity contribution in [1.29, 1.82) is 0 Å². The molecule has 4 aromatic rings. The minimum absolute atomic E-state index is 0.00270. The molecule has 3 aromatic heterocycles. The highest BCUT2D eigenvalue weighted by Crippen LogP contribution is 2.57. The predicted octanol–water partition coefficient (Wildman–Crippen LogP) is 4.65. The molecule has 0 atom stereocenters. The number of aromatic nitrogens is 6. The molecule has 2 saturated heterocycles. The van der Waals surface area contributed by atoms with E-state index in [0.29, 0.717) is 47.6 Å². The minimum Gasteiger partial charge on any atom is -0.364 e. The lowest BCUT2D eigenvalue weighted by Gasteiger charge is -2.63. The quantitative estimate of drug-likeness (QED) is 0.273. The van der Waals surface area contributed by atoms with E-state index in [4.69, 9.17) is 10.8 Å². The molecule has 15 heteroatoms. The van der Waals surface area contributed by atoms with Crippen LogP contribution in [-0.2, 0) is 31.2 Å². The largest absolute Gasteiger partial charge is 0.364 e. The number of hydrogen-bond donors (Lipinski definition) is 1. The number of nitrogens with zero attached hydrogens (tertiary/aromatic N) is 10. The lowest BCUT2D eigenvalue weighted by molar-refractivity contribution is -0.129. The summed E-state index contributed by atoms with van der Waals surface area (Å²) in [4.78, 5) is 32.8. The minimum atomic E-state index is -2.64. The van der Waals surface area contributed by atoms with Gasteiger partial charge >= 0.3 is 0 Å². The van der Waals surface area contributed by atoms with Crippen molar-refractivity contribution >= 4 is 29.1 Å². The standard InChI is InChI=1S/C40H47F2N11O2/c1-24(54)50-9-7-33-31(19-50)38(52-8-3-4-26-10-29(27-16-44-48(2)18-27)30(36(41)42)11-34(26)52)47-53(33)28-14-40(15-28)20-49(21-40)17-25-12-39(13-25)22-51(23-39)35-6-5-32(37(43)55)45-46-35/h5-6,10-11,16,18,25,28,36H,3-4,7-9,12-15,17,19-23H2,1-2H3,(H2,43,55). The number of alkyl halides is 2. The molecule has 288 valence electrons. The molecule has 0 radical (unpaired) electrons. The summed E-state index contributed by atoms with van der Waals surface area (Å²) in [5, 5.41) is 17.7. The summed E-state index contributed by atoms with van der Waals surface area (Å²) >= 11 is 0. The third-order valence-corrected chi connectivity index (χ3v) is 13.4. The van der Waals surface area contributed by atoms with Crippen LogP contribution in [0.2, 0.25) is 0 Å². The van der Waals surface area contributed by atoms with E-state index in [2.05, 4.69) is 34.7 Å². The summed E-state index contributed by atoms with van der Waals surface area (Å²) in [6.45, 7) is 8.85. The van der Waals surface area contributed by atoms with Crippen LogP contribution >= 0.6 is 0 Å². The molecule has 55 heavy (non-hydrogen) atoms. The first kappa shape index (κ1) is 34.6. The Morgan fingerprint density at radius 3 is 2.45 bits per heavy atom. The Morgan fingerprint density at radius 2 is 1.78 bits per heavy atom. The topological polar surface area (TPSA) is 135 Å². The van der Waals surface area contributed by atoms with Crippen molar-refractivity contribution in [3.05, 3.63) is 64.7 Å². The molecule has 2 N–H and O–H groups in total.